The van der Waals surface area contributed by atoms with Crippen LogP contribution in [0.15, 0.2) is 48.5 Å². The minimum Gasteiger partial charge on any atom is -0.497 e. The van der Waals surface area contributed by atoms with Gasteiger partial charge in [0.15, 0.2) is 0 Å². The van der Waals surface area contributed by atoms with Gasteiger partial charge in [-0.05, 0) is 55.5 Å². The molecule has 7 nitrogen and oxygen atoms in total. The molecule has 0 radical (unpaired) electrons. The van der Waals surface area contributed by atoms with E-state index in [0.29, 0.717) is 5.56 Å². The highest BCUT2D eigenvalue weighted by atomic mass is 16.5. The number of hydroxylamine groups is 1. The Labute approximate surface area is 157 Å². The standard InChI is InChI=1S/C20H21N3O4/c1-13(21)18(20(25)23-26)22-19(24)16-9-5-14(6-10-16)3-4-15-7-11-17(27-2)12-8-15/h5-13,18,26H,21H2,1-2H3,(H,22,24)(H,23,25). The summed E-state index contributed by atoms with van der Waals surface area (Å²) in [6, 6.07) is 12.3. The summed E-state index contributed by atoms with van der Waals surface area (Å²) in [7, 11) is 1.60. The second kappa shape index (κ2) is 9.38. The fraction of sp³-hybridized carbons (Fsp3) is 0.200. The fourth-order valence-corrected chi connectivity index (χ4v) is 2.25. The molecule has 0 fully saturated rings. The van der Waals surface area contributed by atoms with Crippen molar-refractivity contribution in [1.82, 2.24) is 10.8 Å². The molecule has 0 aliphatic rings. The van der Waals surface area contributed by atoms with Gasteiger partial charge in [-0.2, -0.15) is 0 Å². The fourth-order valence-electron chi connectivity index (χ4n) is 2.25. The van der Waals surface area contributed by atoms with Crippen LogP contribution in [0, 0.1) is 11.8 Å². The molecule has 0 saturated carbocycles. The summed E-state index contributed by atoms with van der Waals surface area (Å²) in [5.41, 5.74) is 9.08. The van der Waals surface area contributed by atoms with Crippen LogP contribution in [0.2, 0.25) is 0 Å². The van der Waals surface area contributed by atoms with Crippen molar-refractivity contribution in [3.63, 3.8) is 0 Å². The second-order valence-corrected chi connectivity index (χ2v) is 5.84. The molecule has 7 heteroatoms. The number of nitrogens with one attached hydrogen (secondary N) is 2. The van der Waals surface area contributed by atoms with Gasteiger partial charge >= 0.3 is 0 Å². The van der Waals surface area contributed by atoms with Gasteiger partial charge in [-0.25, -0.2) is 5.48 Å². The number of hydrogen-bond acceptors (Lipinski definition) is 5. The number of rotatable bonds is 5. The Hall–Kier alpha value is -3.34. The van der Waals surface area contributed by atoms with Crippen LogP contribution in [0.5, 0.6) is 5.75 Å². The van der Waals surface area contributed by atoms with Gasteiger partial charge in [-0.3, -0.25) is 14.8 Å². The van der Waals surface area contributed by atoms with E-state index < -0.39 is 23.9 Å². The maximum atomic E-state index is 12.3. The monoisotopic (exact) mass is 367 g/mol. The van der Waals surface area contributed by atoms with Crippen molar-refractivity contribution in [1.29, 1.82) is 0 Å². The Morgan fingerprint density at radius 2 is 1.56 bits per heavy atom. The molecule has 2 unspecified atom stereocenters. The molecule has 2 aromatic carbocycles. The van der Waals surface area contributed by atoms with Crippen LogP contribution >= 0.6 is 0 Å². The van der Waals surface area contributed by atoms with Gasteiger partial charge in [0.2, 0.25) is 0 Å². The predicted octanol–water partition coefficient (Wildman–Crippen LogP) is 1.05. The third-order valence-electron chi connectivity index (χ3n) is 3.79. The van der Waals surface area contributed by atoms with Crippen molar-refractivity contribution in [2.45, 2.75) is 19.0 Å². The Balaban J connectivity index is 2.07. The second-order valence-electron chi connectivity index (χ2n) is 5.84. The van der Waals surface area contributed by atoms with Crippen molar-refractivity contribution >= 4 is 11.8 Å². The SMILES string of the molecule is COc1ccc(C#Cc2ccc(C(=O)NC(C(=O)NO)C(C)N)cc2)cc1. The van der Waals surface area contributed by atoms with Crippen molar-refractivity contribution < 1.29 is 19.5 Å². The van der Waals surface area contributed by atoms with Crippen LogP contribution in [-0.2, 0) is 4.79 Å². The highest BCUT2D eigenvalue weighted by Crippen LogP contribution is 2.11. The summed E-state index contributed by atoms with van der Waals surface area (Å²) in [4.78, 5) is 23.8. The summed E-state index contributed by atoms with van der Waals surface area (Å²) < 4.78 is 5.10. The number of hydrogen-bond donors (Lipinski definition) is 4. The average Bonchev–Trinajstić information content (AvgIpc) is 2.70. The summed E-state index contributed by atoms with van der Waals surface area (Å²) >= 11 is 0. The number of ether oxygens (including phenoxy) is 1. The van der Waals surface area contributed by atoms with Gasteiger partial charge in [0.05, 0.1) is 7.11 Å². The zero-order valence-electron chi connectivity index (χ0n) is 15.0. The third kappa shape index (κ3) is 5.57. The summed E-state index contributed by atoms with van der Waals surface area (Å²) in [5, 5.41) is 11.2. The molecular formula is C20H21N3O4. The number of amides is 2. The van der Waals surface area contributed by atoms with Crippen LogP contribution in [0.1, 0.15) is 28.4 Å². The van der Waals surface area contributed by atoms with Crippen LogP contribution in [0.3, 0.4) is 0 Å². The number of carbonyl (C=O) groups excluding carboxylic acids is 2. The third-order valence-corrected chi connectivity index (χ3v) is 3.79. The van der Waals surface area contributed by atoms with Gasteiger partial charge < -0.3 is 15.8 Å². The topological polar surface area (TPSA) is 114 Å². The van der Waals surface area contributed by atoms with E-state index in [4.69, 9.17) is 15.7 Å². The minimum atomic E-state index is -1.04. The molecule has 0 bridgehead atoms. The van der Waals surface area contributed by atoms with Crippen molar-refractivity contribution in [3.05, 3.63) is 65.2 Å². The summed E-state index contributed by atoms with van der Waals surface area (Å²) in [6.07, 6.45) is 0. The molecule has 0 aliphatic heterocycles. The Bertz CT molecular complexity index is 850. The highest BCUT2D eigenvalue weighted by molar-refractivity contribution is 5.97. The van der Waals surface area contributed by atoms with Crippen molar-refractivity contribution in [3.8, 4) is 17.6 Å². The van der Waals surface area contributed by atoms with E-state index >= 15 is 0 Å². The lowest BCUT2D eigenvalue weighted by atomic mass is 10.1. The quantitative estimate of drug-likeness (QED) is 0.358. The van der Waals surface area contributed by atoms with Crippen molar-refractivity contribution in [2.24, 2.45) is 5.73 Å². The smallest absolute Gasteiger partial charge is 0.267 e. The van der Waals surface area contributed by atoms with Crippen LogP contribution in [0.4, 0.5) is 0 Å². The first kappa shape index (κ1) is 20.0. The maximum Gasteiger partial charge on any atom is 0.267 e. The van der Waals surface area contributed by atoms with Gasteiger partial charge in [0, 0.05) is 22.7 Å². The molecule has 2 aromatic rings. The molecule has 140 valence electrons. The molecular weight excluding hydrogens is 346 g/mol. The van der Waals surface area contributed by atoms with E-state index in [-0.39, 0.29) is 0 Å². The molecule has 2 rings (SSSR count). The number of methoxy groups -OCH3 is 1. The largest absolute Gasteiger partial charge is 0.497 e. The van der Waals surface area contributed by atoms with E-state index in [1.54, 1.807) is 38.3 Å². The Morgan fingerprint density at radius 3 is 2.00 bits per heavy atom. The number of benzene rings is 2. The van der Waals surface area contributed by atoms with E-state index in [1.165, 1.54) is 5.48 Å². The number of nitrogens with two attached hydrogens (primary N) is 1. The van der Waals surface area contributed by atoms with Crippen LogP contribution < -0.4 is 21.3 Å². The van der Waals surface area contributed by atoms with Crippen LogP contribution in [-0.4, -0.2) is 36.2 Å². The van der Waals surface area contributed by atoms with E-state index in [9.17, 15) is 9.59 Å². The summed E-state index contributed by atoms with van der Waals surface area (Å²) in [5.74, 6) is 5.54. The maximum absolute atomic E-state index is 12.3. The van der Waals surface area contributed by atoms with Gasteiger partial charge in [0.25, 0.3) is 11.8 Å². The molecule has 2 amide bonds. The first-order valence-corrected chi connectivity index (χ1v) is 8.21. The normalized spacial score (nSPS) is 12.1. The molecule has 5 N–H and O–H groups in total. The lowest BCUT2D eigenvalue weighted by Gasteiger charge is -2.20. The Morgan fingerprint density at radius 1 is 1.04 bits per heavy atom. The predicted molar refractivity (Wildman–Crippen MR) is 100 cm³/mol. The van der Waals surface area contributed by atoms with Gasteiger partial charge in [-0.1, -0.05) is 11.8 Å². The molecule has 0 heterocycles. The van der Waals surface area contributed by atoms with E-state index in [2.05, 4.69) is 17.2 Å². The van der Waals surface area contributed by atoms with Crippen molar-refractivity contribution in [2.75, 3.05) is 7.11 Å². The number of carbonyl (C=O) groups is 2. The van der Waals surface area contributed by atoms with Gasteiger partial charge in [0.1, 0.15) is 11.8 Å². The molecule has 2 atom stereocenters. The first-order valence-electron chi connectivity index (χ1n) is 8.21. The molecule has 0 saturated heterocycles. The average molecular weight is 367 g/mol. The summed E-state index contributed by atoms with van der Waals surface area (Å²) in [6.45, 7) is 1.55. The van der Waals surface area contributed by atoms with E-state index in [0.717, 1.165) is 16.9 Å². The molecule has 27 heavy (non-hydrogen) atoms. The Kier molecular flexibility index (Phi) is 6.94. The zero-order valence-corrected chi connectivity index (χ0v) is 15.0. The lowest BCUT2D eigenvalue weighted by molar-refractivity contribution is -0.131. The van der Waals surface area contributed by atoms with Crippen LogP contribution in [0.25, 0.3) is 0 Å². The van der Waals surface area contributed by atoms with E-state index in [1.807, 2.05) is 24.3 Å². The lowest BCUT2D eigenvalue weighted by Crippen LogP contribution is -2.54. The molecule has 0 aromatic heterocycles. The zero-order chi connectivity index (χ0) is 19.8. The van der Waals surface area contributed by atoms with Gasteiger partial charge in [-0.15, -0.1) is 0 Å². The molecule has 0 spiro atoms. The highest BCUT2D eigenvalue weighted by Gasteiger charge is 2.24. The molecule has 0 aliphatic carbocycles. The first-order chi connectivity index (χ1) is 12.9. The minimum absolute atomic E-state index is 0.349.